The maximum absolute atomic E-state index is 14.3. The molecule has 0 unspecified atom stereocenters. The Hall–Kier alpha value is -8.27. The molecule has 3 aromatic carbocycles. The van der Waals surface area contributed by atoms with Gasteiger partial charge in [0.05, 0.1) is 42.4 Å². The minimum absolute atomic E-state index is 0. The normalized spacial score (nSPS) is 10.6. The molecule has 21 nitrogen and oxygen atoms in total. The van der Waals surface area contributed by atoms with Crippen LogP contribution in [0.3, 0.4) is 0 Å². The highest BCUT2D eigenvalue weighted by atomic mass is 35.5. The van der Waals surface area contributed by atoms with E-state index in [4.69, 9.17) is 101 Å². The molecule has 0 fully saturated rings. The number of pyridine rings is 5. The molecular formula is C66H69BCl7F3N7O14. The number of nitrogens with zero attached hydrogens (tertiary/aromatic N) is 5. The molecule has 6 N–H and O–H groups in total. The number of fused-ring (bicyclic) bond motifs is 1. The van der Waals surface area contributed by atoms with E-state index in [9.17, 15) is 51.8 Å². The quantitative estimate of drug-likeness (QED) is 0.0270. The third kappa shape index (κ3) is 28.3. The van der Waals surface area contributed by atoms with Crippen molar-refractivity contribution in [3.05, 3.63) is 183 Å². The average Bonchev–Trinajstić information content (AvgIpc) is 0.759. The second-order valence-corrected chi connectivity index (χ2v) is 26.4. The Balaban J connectivity index is 0.000000422. The van der Waals surface area contributed by atoms with Gasteiger partial charge in [-0.1, -0.05) is 187 Å². The Morgan fingerprint density at radius 1 is 0.510 bits per heavy atom. The largest absolute Gasteiger partial charge is 0.569 e. The molecular weight excluding hydrogens is 1430 g/mol. The van der Waals surface area contributed by atoms with Gasteiger partial charge in [0.1, 0.15) is 67.0 Å². The van der Waals surface area contributed by atoms with E-state index in [1.807, 2.05) is 62.3 Å². The molecule has 8 rings (SSSR count). The predicted octanol–water partition coefficient (Wildman–Crippen LogP) is 17.3. The highest BCUT2D eigenvalue weighted by molar-refractivity contribution is 6.43. The fraction of sp³-hybridized carbons (Fsp3) is 0.288. The van der Waals surface area contributed by atoms with E-state index in [1.165, 1.54) is 67.8 Å². The van der Waals surface area contributed by atoms with Crippen LogP contribution in [0, 0.1) is 33.7 Å². The summed E-state index contributed by atoms with van der Waals surface area (Å²) in [6.07, 6.45) is 0. The van der Waals surface area contributed by atoms with E-state index in [1.54, 1.807) is 54.6 Å². The van der Waals surface area contributed by atoms with Crippen molar-refractivity contribution >= 4 is 147 Å². The van der Waals surface area contributed by atoms with Crippen molar-refractivity contribution < 1.29 is 76.4 Å². The predicted molar refractivity (Wildman–Crippen MR) is 376 cm³/mol. The van der Waals surface area contributed by atoms with Crippen molar-refractivity contribution in [2.45, 2.75) is 97.1 Å². The second kappa shape index (κ2) is 38.8. The average molecular weight is 1500 g/mol. The number of anilines is 2. The van der Waals surface area contributed by atoms with Gasteiger partial charge in [-0.05, 0) is 76.9 Å². The van der Waals surface area contributed by atoms with Gasteiger partial charge in [-0.15, -0.1) is 0 Å². The molecule has 98 heavy (non-hydrogen) atoms. The Labute approximate surface area is 598 Å². The van der Waals surface area contributed by atoms with Gasteiger partial charge in [0.25, 0.3) is 5.56 Å². The number of ether oxygens (including phenoxy) is 2. The SMILES string of the molecule is C.CC(=O)OC(C)=O.CC(=O)Oc1cc(=O)n(CC(C)(C)C)c2nc(-c3ccccc3F)c(Cl)cc12.CC(C)(C)CNc1nc(-c2ccccc2F)c(Cl)cc1C(=O)O.CC(C)(C)CNc1nc(Cl)c(Cl)cc1C(=O)O.O=C(O)c1cc(Cl)c(Cl)nc1Cl.O[B]Oc1ccccc1F. The number of carboxylic acids is 3. The van der Waals surface area contributed by atoms with Gasteiger partial charge in [-0.3, -0.25) is 23.7 Å². The maximum Gasteiger partial charge on any atom is 0.569 e. The van der Waals surface area contributed by atoms with Crippen LogP contribution in [0.25, 0.3) is 33.5 Å². The topological polar surface area (TPSA) is 309 Å². The minimum Gasteiger partial charge on any atom is -0.535 e. The van der Waals surface area contributed by atoms with E-state index in [0.717, 1.165) is 6.07 Å². The zero-order chi connectivity index (χ0) is 73.6. The number of benzene rings is 3. The Morgan fingerprint density at radius 3 is 1.33 bits per heavy atom. The van der Waals surface area contributed by atoms with Gasteiger partial charge >= 0.3 is 43.5 Å². The number of aromatic nitrogens is 5. The van der Waals surface area contributed by atoms with Crippen LogP contribution in [0.1, 0.15) is 122 Å². The minimum atomic E-state index is -1.19. The number of esters is 3. The molecule has 525 valence electrons. The number of hydrogen-bond donors (Lipinski definition) is 6. The first-order valence-corrected chi connectivity index (χ1v) is 30.8. The monoisotopic (exact) mass is 1500 g/mol. The molecule has 0 spiro atoms. The second-order valence-electron chi connectivity index (χ2n) is 23.7. The third-order valence-electron chi connectivity index (χ3n) is 11.5. The first-order valence-electron chi connectivity index (χ1n) is 28.2. The zero-order valence-corrected chi connectivity index (χ0v) is 59.2. The van der Waals surface area contributed by atoms with Crippen LogP contribution in [0.4, 0.5) is 24.8 Å². The summed E-state index contributed by atoms with van der Waals surface area (Å²) in [5.41, 5.74) is 0.317. The fourth-order valence-electron chi connectivity index (χ4n) is 7.43. The molecule has 0 aliphatic heterocycles. The molecule has 32 heteroatoms. The van der Waals surface area contributed by atoms with Crippen molar-refractivity contribution in [1.82, 2.24) is 24.5 Å². The smallest absolute Gasteiger partial charge is 0.535 e. The van der Waals surface area contributed by atoms with E-state index in [-0.39, 0.29) is 133 Å². The molecule has 8 aromatic rings. The molecule has 5 heterocycles. The molecule has 0 atom stereocenters. The highest BCUT2D eigenvalue weighted by Gasteiger charge is 2.24. The number of carboxylic acid groups (broad SMARTS) is 3. The van der Waals surface area contributed by atoms with Crippen LogP contribution in [0.2, 0.25) is 35.5 Å². The Morgan fingerprint density at radius 2 is 0.918 bits per heavy atom. The zero-order valence-electron chi connectivity index (χ0n) is 53.9. The standard InChI is InChI=1S/C21H20ClFN2O3.C17H18ClFN2O2.C11H14Cl2N2O2.C6H5BFO2.C6H2Cl3NO2.C4H6O3.CH4/c1-12(26)28-17-10-18(27)25(11-21(2,3)4)20-14(17)9-15(22)19(24-20)13-7-5-6-8-16(13)23;1-17(2,3)9-20-15-11(16(22)23)8-12(18)14(21-15)10-6-4-5-7-13(10)19;1-11(2,3)5-14-9-6(10(16)17)4-7(12)8(13)15-9;8-5-3-1-2-4-6(5)10-7-9;7-3-1-2(6(11)12)4(8)10-5(3)9;1-3(5)7-4(2)6;/h5-10H,11H2,1-4H3;4-8H,9H2,1-3H3,(H,20,21)(H,22,23);4H,5H2,1-3H3,(H,14,15)(H,16,17);1-4,9H;1H,(H,11,12);1-2H3;1H4. The Bertz CT molecular complexity index is 4220. The first-order chi connectivity index (χ1) is 44.9. The lowest BCUT2D eigenvalue weighted by molar-refractivity contribution is -0.156. The summed E-state index contributed by atoms with van der Waals surface area (Å²) in [6, 6.07) is 24.6. The van der Waals surface area contributed by atoms with Crippen LogP contribution in [-0.2, 0) is 25.7 Å². The van der Waals surface area contributed by atoms with Gasteiger partial charge in [-0.2, -0.15) is 0 Å². The van der Waals surface area contributed by atoms with Crippen molar-refractivity contribution in [1.29, 1.82) is 0 Å². The van der Waals surface area contributed by atoms with Crippen LogP contribution in [0.5, 0.6) is 11.5 Å². The molecule has 0 aliphatic carbocycles. The lowest BCUT2D eigenvalue weighted by Crippen LogP contribution is -2.27. The van der Waals surface area contributed by atoms with Crippen molar-refractivity contribution in [2.24, 2.45) is 16.2 Å². The van der Waals surface area contributed by atoms with Crippen molar-refractivity contribution in [2.75, 3.05) is 23.7 Å². The number of hydrogen-bond acceptors (Lipinski definition) is 17. The molecule has 0 bridgehead atoms. The van der Waals surface area contributed by atoms with Gasteiger partial charge in [0, 0.05) is 57.6 Å². The van der Waals surface area contributed by atoms with Crippen molar-refractivity contribution in [3.8, 4) is 34.0 Å². The van der Waals surface area contributed by atoms with Crippen LogP contribution >= 0.6 is 81.2 Å². The van der Waals surface area contributed by atoms with E-state index < -0.39 is 53.3 Å². The van der Waals surface area contributed by atoms with Crippen LogP contribution in [-0.4, -0.2) is 101 Å². The van der Waals surface area contributed by atoms with Gasteiger partial charge < -0.3 is 45.1 Å². The first kappa shape index (κ1) is 85.8. The van der Waals surface area contributed by atoms with E-state index >= 15 is 0 Å². The summed E-state index contributed by atoms with van der Waals surface area (Å²) in [6.45, 7) is 23.1. The number of carbonyl (C=O) groups is 6. The number of aromatic carboxylic acids is 3. The number of nitrogens with one attached hydrogen (secondary N) is 2. The fourth-order valence-corrected chi connectivity index (χ4v) is 8.78. The summed E-state index contributed by atoms with van der Waals surface area (Å²) in [4.78, 5) is 92.9. The lowest BCUT2D eigenvalue weighted by atomic mass is 9.96. The van der Waals surface area contributed by atoms with E-state index in [2.05, 4.69) is 40.0 Å². The molecule has 0 saturated heterocycles. The van der Waals surface area contributed by atoms with Gasteiger partial charge in [-0.25, -0.2) is 47.5 Å². The van der Waals surface area contributed by atoms with Crippen LogP contribution < -0.4 is 25.6 Å². The Kier molecular flexibility index (Phi) is 34.0. The number of carbonyl (C=O) groups excluding carboxylic acids is 3. The molecule has 0 aliphatic rings. The molecule has 0 saturated carbocycles. The maximum atomic E-state index is 14.3. The van der Waals surface area contributed by atoms with Crippen molar-refractivity contribution in [3.63, 3.8) is 0 Å². The third-order valence-corrected chi connectivity index (χ3v) is 13.7. The van der Waals surface area contributed by atoms with Crippen LogP contribution in [0.15, 0.2) is 108 Å². The summed E-state index contributed by atoms with van der Waals surface area (Å²) in [7, 11) is 0.443. The van der Waals surface area contributed by atoms with Gasteiger partial charge in [0.15, 0.2) is 5.82 Å². The summed E-state index contributed by atoms with van der Waals surface area (Å²) in [5, 5.41) is 41.8. The number of rotatable bonds is 13. The molecule has 1 radical (unpaired) electrons. The molecule has 0 amide bonds. The summed E-state index contributed by atoms with van der Waals surface area (Å²) < 4.78 is 55.9. The number of halogens is 10. The lowest BCUT2D eigenvalue weighted by Gasteiger charge is -2.22. The highest BCUT2D eigenvalue weighted by Crippen LogP contribution is 2.36. The summed E-state index contributed by atoms with van der Waals surface area (Å²) >= 11 is 40.5. The number of para-hydroxylation sites is 1. The van der Waals surface area contributed by atoms with Gasteiger partial charge in [0.2, 0.25) is 0 Å². The van der Waals surface area contributed by atoms with E-state index in [0.29, 0.717) is 32.7 Å². The summed E-state index contributed by atoms with van der Waals surface area (Å²) in [5.74, 6) is -6.04. The molecule has 5 aromatic heterocycles.